The summed E-state index contributed by atoms with van der Waals surface area (Å²) < 4.78 is 13.2. The van der Waals surface area contributed by atoms with Crippen LogP contribution in [-0.4, -0.2) is 47.5 Å². The van der Waals surface area contributed by atoms with Gasteiger partial charge in [-0.1, -0.05) is 17.7 Å². The summed E-state index contributed by atoms with van der Waals surface area (Å²) >= 11 is 5.99. The maximum absolute atomic E-state index is 13.2. The minimum Gasteiger partial charge on any atom is -0.357 e. The Hall–Kier alpha value is -1.89. The van der Waals surface area contributed by atoms with E-state index in [1.165, 1.54) is 25.0 Å². The highest BCUT2D eigenvalue weighted by molar-refractivity contribution is 6.34. The Morgan fingerprint density at radius 3 is 2.70 bits per heavy atom. The van der Waals surface area contributed by atoms with E-state index in [1.807, 2.05) is 12.1 Å². The SMILES string of the molecule is CC1CC(N(C)c2cccc(NC(=O)c3ccc(F)cc3Cl)n2)CCN1C1CC1.Cl. The Morgan fingerprint density at radius 1 is 1.27 bits per heavy atom. The molecule has 0 bridgehead atoms. The number of likely N-dealkylation sites (tertiary alicyclic amines) is 1. The first-order valence-electron chi connectivity index (χ1n) is 10.1. The number of aromatic nitrogens is 1. The van der Waals surface area contributed by atoms with Gasteiger partial charge in [-0.05, 0) is 62.9 Å². The second kappa shape index (κ2) is 9.50. The third-order valence-corrected chi connectivity index (χ3v) is 6.29. The van der Waals surface area contributed by atoms with Gasteiger partial charge in [0.25, 0.3) is 5.91 Å². The van der Waals surface area contributed by atoms with Crippen LogP contribution in [0.15, 0.2) is 36.4 Å². The quantitative estimate of drug-likeness (QED) is 0.693. The number of nitrogens with one attached hydrogen (secondary N) is 1. The monoisotopic (exact) mass is 452 g/mol. The standard InChI is InChI=1S/C22H26ClFN4O.ClH/c1-14-12-17(10-11-28(14)16-7-8-16)27(2)21-5-3-4-20(25-21)26-22(29)18-9-6-15(24)13-19(18)23;/h3-6,9,13-14,16-17H,7-8,10-12H2,1-2H3,(H,25,26,29);1H. The highest BCUT2D eigenvalue weighted by atomic mass is 35.5. The molecule has 2 aliphatic rings. The topological polar surface area (TPSA) is 48.5 Å². The molecular formula is C22H27Cl2FN4O. The molecule has 1 aromatic heterocycles. The number of anilines is 2. The molecule has 0 radical (unpaired) electrons. The summed E-state index contributed by atoms with van der Waals surface area (Å²) in [6.07, 6.45) is 4.90. The van der Waals surface area contributed by atoms with E-state index in [9.17, 15) is 9.18 Å². The molecule has 2 unspecified atom stereocenters. The van der Waals surface area contributed by atoms with Crippen LogP contribution in [0.2, 0.25) is 5.02 Å². The van der Waals surface area contributed by atoms with Crippen LogP contribution in [-0.2, 0) is 0 Å². The highest BCUT2D eigenvalue weighted by Crippen LogP contribution is 2.34. The number of carbonyl (C=O) groups excluding carboxylic acids is 1. The average molecular weight is 453 g/mol. The zero-order valence-electron chi connectivity index (χ0n) is 17.1. The van der Waals surface area contributed by atoms with Crippen molar-refractivity contribution in [2.24, 2.45) is 0 Å². The van der Waals surface area contributed by atoms with E-state index in [1.54, 1.807) is 6.07 Å². The second-order valence-electron chi connectivity index (χ2n) is 8.07. The minimum atomic E-state index is -0.477. The lowest BCUT2D eigenvalue weighted by molar-refractivity contribution is 0.102. The van der Waals surface area contributed by atoms with Crippen molar-refractivity contribution >= 4 is 41.6 Å². The van der Waals surface area contributed by atoms with Crippen molar-refractivity contribution in [3.05, 3.63) is 52.8 Å². The molecular weight excluding hydrogens is 426 g/mol. The number of rotatable bonds is 5. The molecule has 2 aromatic rings. The Labute approximate surface area is 188 Å². The van der Waals surface area contributed by atoms with E-state index in [-0.39, 0.29) is 23.0 Å². The molecule has 2 heterocycles. The number of pyridine rings is 1. The van der Waals surface area contributed by atoms with Crippen LogP contribution in [0.1, 0.15) is 43.0 Å². The number of halogens is 3. The molecule has 2 fully saturated rings. The lowest BCUT2D eigenvalue weighted by Gasteiger charge is -2.41. The Morgan fingerprint density at radius 2 is 2.03 bits per heavy atom. The number of hydrogen-bond donors (Lipinski definition) is 1. The molecule has 1 saturated heterocycles. The molecule has 1 aliphatic carbocycles. The summed E-state index contributed by atoms with van der Waals surface area (Å²) in [6, 6.07) is 11.1. The summed E-state index contributed by atoms with van der Waals surface area (Å²) in [6.45, 7) is 3.44. The molecule has 2 atom stereocenters. The number of carbonyl (C=O) groups is 1. The fraction of sp³-hybridized carbons (Fsp3) is 0.455. The van der Waals surface area contributed by atoms with E-state index in [0.717, 1.165) is 37.3 Å². The van der Waals surface area contributed by atoms with Gasteiger partial charge in [-0.25, -0.2) is 9.37 Å². The van der Waals surface area contributed by atoms with Gasteiger partial charge in [0.05, 0.1) is 10.6 Å². The van der Waals surface area contributed by atoms with Crippen LogP contribution in [0.5, 0.6) is 0 Å². The van der Waals surface area contributed by atoms with Gasteiger partial charge in [-0.2, -0.15) is 0 Å². The maximum atomic E-state index is 13.2. The van der Waals surface area contributed by atoms with Crippen molar-refractivity contribution in [1.29, 1.82) is 0 Å². The predicted molar refractivity (Wildman–Crippen MR) is 121 cm³/mol. The van der Waals surface area contributed by atoms with Gasteiger partial charge >= 0.3 is 0 Å². The van der Waals surface area contributed by atoms with Gasteiger partial charge in [-0.15, -0.1) is 12.4 Å². The number of piperidine rings is 1. The fourth-order valence-electron chi connectivity index (χ4n) is 4.20. The Kier molecular flexibility index (Phi) is 7.22. The van der Waals surface area contributed by atoms with Crippen LogP contribution < -0.4 is 10.2 Å². The van der Waals surface area contributed by atoms with Crippen molar-refractivity contribution in [2.75, 3.05) is 23.8 Å². The molecule has 4 rings (SSSR count). The second-order valence-corrected chi connectivity index (χ2v) is 8.47. The van der Waals surface area contributed by atoms with E-state index >= 15 is 0 Å². The van der Waals surface area contributed by atoms with Crippen molar-refractivity contribution in [2.45, 2.75) is 50.7 Å². The molecule has 0 spiro atoms. The third-order valence-electron chi connectivity index (χ3n) is 5.98. The van der Waals surface area contributed by atoms with Gasteiger partial charge in [0, 0.05) is 31.7 Å². The molecule has 30 heavy (non-hydrogen) atoms. The van der Waals surface area contributed by atoms with Crippen LogP contribution in [0, 0.1) is 5.82 Å². The summed E-state index contributed by atoms with van der Waals surface area (Å²) in [4.78, 5) is 22.0. The Balaban J connectivity index is 0.00000256. The lowest BCUT2D eigenvalue weighted by atomic mass is 9.97. The van der Waals surface area contributed by atoms with E-state index in [4.69, 9.17) is 11.6 Å². The molecule has 162 valence electrons. The highest BCUT2D eigenvalue weighted by Gasteiger charge is 2.37. The van der Waals surface area contributed by atoms with Gasteiger partial charge in [0.2, 0.25) is 0 Å². The number of benzene rings is 1. The third kappa shape index (κ3) is 5.05. The molecule has 1 saturated carbocycles. The van der Waals surface area contributed by atoms with Crippen LogP contribution in [0.4, 0.5) is 16.0 Å². The first-order chi connectivity index (χ1) is 13.9. The minimum absolute atomic E-state index is 0. The molecule has 1 aliphatic heterocycles. The van der Waals surface area contributed by atoms with E-state index in [0.29, 0.717) is 17.9 Å². The molecule has 1 N–H and O–H groups in total. The first kappa shape index (κ1) is 22.8. The average Bonchev–Trinajstić information content (AvgIpc) is 3.52. The van der Waals surface area contributed by atoms with Crippen molar-refractivity contribution in [1.82, 2.24) is 9.88 Å². The molecule has 8 heteroatoms. The summed E-state index contributed by atoms with van der Waals surface area (Å²) in [7, 11) is 2.06. The normalized spacial score (nSPS) is 21.6. The summed E-state index contributed by atoms with van der Waals surface area (Å²) in [5.41, 5.74) is 0.217. The zero-order valence-corrected chi connectivity index (χ0v) is 18.7. The van der Waals surface area contributed by atoms with Crippen LogP contribution >= 0.6 is 24.0 Å². The molecule has 5 nitrogen and oxygen atoms in total. The fourth-order valence-corrected chi connectivity index (χ4v) is 4.45. The van der Waals surface area contributed by atoms with Gasteiger partial charge in [0.1, 0.15) is 17.5 Å². The Bertz CT molecular complexity index is 908. The number of nitrogens with zero attached hydrogens (tertiary/aromatic N) is 3. The summed E-state index contributed by atoms with van der Waals surface area (Å²) in [5.74, 6) is 0.386. The molecule has 1 aromatic carbocycles. The number of hydrogen-bond acceptors (Lipinski definition) is 4. The van der Waals surface area contributed by atoms with Crippen LogP contribution in [0.3, 0.4) is 0 Å². The first-order valence-corrected chi connectivity index (χ1v) is 10.5. The smallest absolute Gasteiger partial charge is 0.258 e. The van der Waals surface area contributed by atoms with Crippen molar-refractivity contribution < 1.29 is 9.18 Å². The predicted octanol–water partition coefficient (Wildman–Crippen LogP) is 5.00. The van der Waals surface area contributed by atoms with Gasteiger partial charge in [0.15, 0.2) is 0 Å². The van der Waals surface area contributed by atoms with E-state index < -0.39 is 11.7 Å². The molecule has 1 amide bonds. The van der Waals surface area contributed by atoms with Crippen molar-refractivity contribution in [3.8, 4) is 0 Å². The number of amides is 1. The zero-order chi connectivity index (χ0) is 20.5. The van der Waals surface area contributed by atoms with Crippen molar-refractivity contribution in [3.63, 3.8) is 0 Å². The van der Waals surface area contributed by atoms with E-state index in [2.05, 4.69) is 34.1 Å². The summed E-state index contributed by atoms with van der Waals surface area (Å²) in [5, 5.41) is 2.84. The van der Waals surface area contributed by atoms with Crippen LogP contribution in [0.25, 0.3) is 0 Å². The largest absolute Gasteiger partial charge is 0.357 e. The maximum Gasteiger partial charge on any atom is 0.258 e. The van der Waals surface area contributed by atoms with Gasteiger partial charge in [-0.3, -0.25) is 9.69 Å². The lowest BCUT2D eigenvalue weighted by Crippen LogP contribution is -2.49. The van der Waals surface area contributed by atoms with Gasteiger partial charge < -0.3 is 10.2 Å².